The third-order valence-corrected chi connectivity index (χ3v) is 4.86. The fourth-order valence-corrected chi connectivity index (χ4v) is 3.00. The molecule has 4 nitrogen and oxygen atoms in total. The number of nitrogens with one attached hydrogen (secondary N) is 1. The average Bonchev–Trinajstić information content (AvgIpc) is 2.23. The minimum atomic E-state index is -4.16. The average molecular weight is 280 g/mol. The van der Waals surface area contributed by atoms with Gasteiger partial charge >= 0.3 is 0 Å². The standard InChI is InChI=1S/C10H11F3N2O2S/c1-15(6-4-14-5-6)18(16,17)8-3-2-7(11)9(12)10(8)13/h2-3,6,14H,4-5H2,1H3. The lowest BCUT2D eigenvalue weighted by atomic mass is 10.2. The maximum atomic E-state index is 13.5. The van der Waals surface area contributed by atoms with E-state index in [9.17, 15) is 21.6 Å². The first-order valence-corrected chi connectivity index (χ1v) is 6.62. The Morgan fingerprint density at radius 1 is 1.22 bits per heavy atom. The van der Waals surface area contributed by atoms with E-state index >= 15 is 0 Å². The van der Waals surface area contributed by atoms with Gasteiger partial charge in [0, 0.05) is 26.2 Å². The fraction of sp³-hybridized carbons (Fsp3) is 0.400. The number of benzene rings is 1. The summed E-state index contributed by atoms with van der Waals surface area (Å²) in [4.78, 5) is -0.851. The van der Waals surface area contributed by atoms with Crippen LogP contribution in [-0.4, -0.2) is 38.9 Å². The Bertz CT molecular complexity index is 573. The molecule has 0 atom stereocenters. The minimum Gasteiger partial charge on any atom is -0.313 e. The van der Waals surface area contributed by atoms with Gasteiger partial charge in [0.2, 0.25) is 10.0 Å². The zero-order valence-electron chi connectivity index (χ0n) is 9.45. The minimum absolute atomic E-state index is 0.303. The molecule has 2 rings (SSSR count). The molecule has 1 aromatic carbocycles. The van der Waals surface area contributed by atoms with E-state index in [1.54, 1.807) is 0 Å². The van der Waals surface area contributed by atoms with Crippen molar-refractivity contribution in [2.45, 2.75) is 10.9 Å². The van der Waals surface area contributed by atoms with Gasteiger partial charge in [0.05, 0.1) is 0 Å². The van der Waals surface area contributed by atoms with Crippen molar-refractivity contribution in [3.63, 3.8) is 0 Å². The van der Waals surface area contributed by atoms with Crippen LogP contribution in [0.1, 0.15) is 0 Å². The van der Waals surface area contributed by atoms with Crippen LogP contribution in [0.4, 0.5) is 13.2 Å². The van der Waals surface area contributed by atoms with Gasteiger partial charge in [-0.2, -0.15) is 4.31 Å². The molecule has 0 radical (unpaired) electrons. The van der Waals surface area contributed by atoms with Gasteiger partial charge in [0.1, 0.15) is 4.90 Å². The van der Waals surface area contributed by atoms with Gasteiger partial charge in [-0.1, -0.05) is 0 Å². The van der Waals surface area contributed by atoms with E-state index in [1.165, 1.54) is 7.05 Å². The number of hydrogen-bond acceptors (Lipinski definition) is 3. The summed E-state index contributed by atoms with van der Waals surface area (Å²) in [7, 11) is -2.88. The van der Waals surface area contributed by atoms with Gasteiger partial charge in [-0.3, -0.25) is 0 Å². The molecule has 1 N–H and O–H groups in total. The zero-order chi connectivity index (χ0) is 13.5. The first kappa shape index (κ1) is 13.3. The molecule has 0 unspecified atom stereocenters. The van der Waals surface area contributed by atoms with Gasteiger partial charge < -0.3 is 5.32 Å². The predicted octanol–water partition coefficient (Wildman–Crippen LogP) is 0.696. The van der Waals surface area contributed by atoms with Crippen LogP contribution >= 0.6 is 0 Å². The summed E-state index contributed by atoms with van der Waals surface area (Å²) in [6.45, 7) is 0.891. The number of likely N-dealkylation sites (N-methyl/N-ethyl adjacent to an activating group) is 1. The summed E-state index contributed by atoms with van der Waals surface area (Å²) < 4.78 is 64.3. The topological polar surface area (TPSA) is 49.4 Å². The van der Waals surface area contributed by atoms with Crippen molar-refractivity contribution in [1.82, 2.24) is 9.62 Å². The predicted molar refractivity (Wildman–Crippen MR) is 57.9 cm³/mol. The van der Waals surface area contributed by atoms with Crippen molar-refractivity contribution in [3.05, 3.63) is 29.6 Å². The first-order chi connectivity index (χ1) is 8.35. The SMILES string of the molecule is CN(C1CNC1)S(=O)(=O)c1ccc(F)c(F)c1F. The molecule has 1 saturated heterocycles. The van der Waals surface area contributed by atoms with Crippen LogP contribution < -0.4 is 5.32 Å². The highest BCUT2D eigenvalue weighted by Crippen LogP contribution is 2.24. The lowest BCUT2D eigenvalue weighted by Gasteiger charge is -2.34. The Balaban J connectivity index is 2.44. The van der Waals surface area contributed by atoms with E-state index in [4.69, 9.17) is 0 Å². The molecular weight excluding hydrogens is 269 g/mol. The summed E-state index contributed by atoms with van der Waals surface area (Å²) in [5.74, 6) is -4.88. The van der Waals surface area contributed by atoms with Gasteiger partial charge in [0.25, 0.3) is 0 Å². The van der Waals surface area contributed by atoms with Gasteiger partial charge in [0.15, 0.2) is 17.5 Å². The Hall–Kier alpha value is -1.12. The van der Waals surface area contributed by atoms with Gasteiger partial charge in [-0.05, 0) is 12.1 Å². The van der Waals surface area contributed by atoms with E-state index in [0.29, 0.717) is 19.2 Å². The molecule has 1 aliphatic heterocycles. The maximum absolute atomic E-state index is 13.5. The molecular formula is C10H11F3N2O2S. The first-order valence-electron chi connectivity index (χ1n) is 5.18. The van der Waals surface area contributed by atoms with E-state index < -0.39 is 32.4 Å². The molecule has 8 heteroatoms. The highest BCUT2D eigenvalue weighted by atomic mass is 32.2. The molecule has 0 spiro atoms. The third-order valence-electron chi connectivity index (χ3n) is 2.93. The lowest BCUT2D eigenvalue weighted by molar-refractivity contribution is 0.273. The smallest absolute Gasteiger partial charge is 0.246 e. The van der Waals surface area contributed by atoms with E-state index in [1.807, 2.05) is 0 Å². The lowest BCUT2D eigenvalue weighted by Crippen LogP contribution is -2.57. The quantitative estimate of drug-likeness (QED) is 0.829. The van der Waals surface area contributed by atoms with E-state index in [2.05, 4.69) is 5.32 Å². The number of sulfonamides is 1. The molecule has 0 amide bonds. The molecule has 18 heavy (non-hydrogen) atoms. The molecule has 0 saturated carbocycles. The van der Waals surface area contributed by atoms with Gasteiger partial charge in [-0.15, -0.1) is 0 Å². The number of rotatable bonds is 3. The number of nitrogens with zero attached hydrogens (tertiary/aromatic N) is 1. The summed E-state index contributed by atoms with van der Waals surface area (Å²) in [6.07, 6.45) is 0. The summed E-state index contributed by atoms with van der Waals surface area (Å²) in [5, 5.41) is 2.87. The van der Waals surface area contributed by atoms with E-state index in [-0.39, 0.29) is 6.04 Å². The normalized spacial score (nSPS) is 16.9. The van der Waals surface area contributed by atoms with Crippen molar-refractivity contribution >= 4 is 10.0 Å². The van der Waals surface area contributed by atoms with Crippen molar-refractivity contribution < 1.29 is 21.6 Å². The molecule has 0 aliphatic carbocycles. The Kier molecular flexibility index (Phi) is 3.35. The molecule has 0 bridgehead atoms. The zero-order valence-corrected chi connectivity index (χ0v) is 10.3. The van der Waals surface area contributed by atoms with Crippen LogP contribution in [0.5, 0.6) is 0 Å². The molecule has 100 valence electrons. The molecule has 1 aliphatic rings. The van der Waals surface area contributed by atoms with Crippen molar-refractivity contribution in [1.29, 1.82) is 0 Å². The number of hydrogen-bond donors (Lipinski definition) is 1. The summed E-state index contributed by atoms with van der Waals surface area (Å²) >= 11 is 0. The fourth-order valence-electron chi connectivity index (χ4n) is 1.59. The van der Waals surface area contributed by atoms with Crippen LogP contribution in [0.25, 0.3) is 0 Å². The largest absolute Gasteiger partial charge is 0.313 e. The molecule has 0 aromatic heterocycles. The summed E-state index contributed by atoms with van der Waals surface area (Å²) in [6, 6.07) is 1.02. The highest BCUT2D eigenvalue weighted by Gasteiger charge is 2.34. The molecule has 1 heterocycles. The second-order valence-electron chi connectivity index (χ2n) is 4.01. The van der Waals surface area contributed by atoms with Crippen LogP contribution in [-0.2, 0) is 10.0 Å². The van der Waals surface area contributed by atoms with Crippen molar-refractivity contribution in [3.8, 4) is 0 Å². The summed E-state index contributed by atoms with van der Waals surface area (Å²) in [5.41, 5.74) is 0. The third kappa shape index (κ3) is 2.00. The van der Waals surface area contributed by atoms with Crippen LogP contribution in [0.3, 0.4) is 0 Å². The van der Waals surface area contributed by atoms with Crippen molar-refractivity contribution in [2.75, 3.05) is 20.1 Å². The highest BCUT2D eigenvalue weighted by molar-refractivity contribution is 7.89. The molecule has 1 fully saturated rings. The van der Waals surface area contributed by atoms with Crippen LogP contribution in [0, 0.1) is 17.5 Å². The maximum Gasteiger partial charge on any atom is 0.246 e. The Morgan fingerprint density at radius 2 is 1.83 bits per heavy atom. The van der Waals surface area contributed by atoms with Crippen LogP contribution in [0.15, 0.2) is 17.0 Å². The van der Waals surface area contributed by atoms with Gasteiger partial charge in [-0.25, -0.2) is 21.6 Å². The van der Waals surface area contributed by atoms with E-state index in [0.717, 1.165) is 10.4 Å². The second-order valence-corrected chi connectivity index (χ2v) is 5.97. The Labute approximate surface area is 102 Å². The molecule has 1 aromatic rings. The monoisotopic (exact) mass is 280 g/mol. The van der Waals surface area contributed by atoms with Crippen LogP contribution in [0.2, 0.25) is 0 Å². The Morgan fingerprint density at radius 3 is 2.33 bits per heavy atom. The number of halogens is 3. The van der Waals surface area contributed by atoms with Crippen molar-refractivity contribution in [2.24, 2.45) is 0 Å². The second kappa shape index (κ2) is 4.52.